The number of benzene rings is 2. The monoisotopic (exact) mass is 319 g/mol. The summed E-state index contributed by atoms with van der Waals surface area (Å²) in [6.07, 6.45) is 0.727. The highest BCUT2D eigenvalue weighted by atomic mass is 31.2. The molecule has 118 valence electrons. The van der Waals surface area contributed by atoms with E-state index in [0.717, 1.165) is 17.5 Å². The first-order valence-electron chi connectivity index (χ1n) is 7.27. The molecule has 0 amide bonds. The van der Waals surface area contributed by atoms with Crippen molar-refractivity contribution in [3.8, 4) is 5.75 Å². The van der Waals surface area contributed by atoms with Crippen LogP contribution in [0.5, 0.6) is 5.75 Å². The Bertz CT molecular complexity index is 626. The Morgan fingerprint density at radius 1 is 1.09 bits per heavy atom. The summed E-state index contributed by atoms with van der Waals surface area (Å²) in [4.78, 5) is 10.1. The van der Waals surface area contributed by atoms with Crippen LogP contribution in [0.3, 0.4) is 0 Å². The van der Waals surface area contributed by atoms with Crippen molar-refractivity contribution in [3.05, 3.63) is 65.7 Å². The van der Waals surface area contributed by atoms with Gasteiger partial charge in [0.1, 0.15) is 5.75 Å². The van der Waals surface area contributed by atoms with Gasteiger partial charge in [0.05, 0.1) is 6.16 Å². The molecule has 0 aliphatic rings. The normalized spacial score (nSPS) is 15.0. The van der Waals surface area contributed by atoms with E-state index < -0.39 is 7.37 Å². The first kappa shape index (κ1) is 16.8. The molecule has 5 heteroatoms. The van der Waals surface area contributed by atoms with Crippen LogP contribution in [-0.2, 0) is 17.1 Å². The van der Waals surface area contributed by atoms with Crippen molar-refractivity contribution >= 4 is 7.37 Å². The van der Waals surface area contributed by atoms with Gasteiger partial charge < -0.3 is 15.4 Å². The van der Waals surface area contributed by atoms with Crippen LogP contribution in [0.25, 0.3) is 0 Å². The summed E-state index contributed by atoms with van der Waals surface area (Å²) in [5.41, 5.74) is 7.72. The third-order valence-electron chi connectivity index (χ3n) is 3.19. The number of hydrogen-bond donors (Lipinski definition) is 2. The first-order chi connectivity index (χ1) is 10.4. The van der Waals surface area contributed by atoms with E-state index in [1.807, 2.05) is 49.4 Å². The summed E-state index contributed by atoms with van der Waals surface area (Å²) in [7, 11) is -3.37. The van der Waals surface area contributed by atoms with Gasteiger partial charge in [-0.1, -0.05) is 42.5 Å². The molecule has 0 aliphatic carbocycles. The Morgan fingerprint density at radius 2 is 1.68 bits per heavy atom. The third-order valence-corrected chi connectivity index (χ3v) is 4.58. The first-order valence-corrected chi connectivity index (χ1v) is 9.30. The molecule has 0 bridgehead atoms. The molecule has 0 heterocycles. The van der Waals surface area contributed by atoms with Gasteiger partial charge in [0, 0.05) is 6.04 Å². The molecule has 2 atom stereocenters. The fourth-order valence-electron chi connectivity index (χ4n) is 2.18. The molecule has 4 nitrogen and oxygen atoms in total. The van der Waals surface area contributed by atoms with Gasteiger partial charge in [-0.05, 0) is 36.6 Å². The van der Waals surface area contributed by atoms with Gasteiger partial charge >= 0.3 is 0 Å². The molecular weight excluding hydrogens is 297 g/mol. The molecular formula is C17H22NO3P. The second-order valence-corrected chi connectivity index (χ2v) is 7.86. The van der Waals surface area contributed by atoms with Crippen LogP contribution in [0.15, 0.2) is 54.6 Å². The second-order valence-electron chi connectivity index (χ2n) is 5.59. The van der Waals surface area contributed by atoms with E-state index in [0.29, 0.717) is 5.75 Å². The molecule has 0 radical (unpaired) electrons. The van der Waals surface area contributed by atoms with Gasteiger partial charge in [-0.2, -0.15) is 0 Å². The summed E-state index contributed by atoms with van der Waals surface area (Å²) < 4.78 is 17.6. The molecule has 0 fully saturated rings. The fraction of sp³-hybridized carbons (Fsp3) is 0.294. The number of rotatable bonds is 7. The molecule has 0 saturated heterocycles. The van der Waals surface area contributed by atoms with Gasteiger partial charge in [-0.15, -0.1) is 0 Å². The Hall–Kier alpha value is -1.61. The third kappa shape index (κ3) is 5.64. The molecule has 0 saturated carbocycles. The van der Waals surface area contributed by atoms with E-state index in [9.17, 15) is 9.46 Å². The van der Waals surface area contributed by atoms with Crippen LogP contribution in [0.2, 0.25) is 0 Å². The number of para-hydroxylation sites is 1. The lowest BCUT2D eigenvalue weighted by Crippen LogP contribution is -2.17. The maximum absolute atomic E-state index is 12.2. The van der Waals surface area contributed by atoms with Crippen LogP contribution >= 0.6 is 7.37 Å². The average Bonchev–Trinajstić information content (AvgIpc) is 2.48. The zero-order chi connectivity index (χ0) is 16.0. The SMILES string of the molecule is C[C@@H](N)Cc1ccc(CP(=O)(O)COc2ccccc2)cc1. The lowest BCUT2D eigenvalue weighted by Gasteiger charge is -2.13. The molecule has 3 N–H and O–H groups in total. The van der Waals surface area contributed by atoms with Gasteiger partial charge in [-0.3, -0.25) is 4.57 Å². The van der Waals surface area contributed by atoms with Crippen LogP contribution in [0, 0.1) is 0 Å². The van der Waals surface area contributed by atoms with E-state index >= 15 is 0 Å². The van der Waals surface area contributed by atoms with Crippen molar-refractivity contribution in [1.82, 2.24) is 0 Å². The Labute approximate surface area is 131 Å². The maximum atomic E-state index is 12.2. The second kappa shape index (κ2) is 7.59. The summed E-state index contributed by atoms with van der Waals surface area (Å²) in [6, 6.07) is 16.8. The van der Waals surface area contributed by atoms with Crippen molar-refractivity contribution in [2.24, 2.45) is 5.73 Å². The molecule has 0 aliphatic heterocycles. The molecule has 2 aromatic rings. The Balaban J connectivity index is 1.92. The average molecular weight is 319 g/mol. The van der Waals surface area contributed by atoms with E-state index in [1.165, 1.54) is 0 Å². The van der Waals surface area contributed by atoms with E-state index in [2.05, 4.69) is 0 Å². The number of hydrogen-bond acceptors (Lipinski definition) is 3. The van der Waals surface area contributed by atoms with Crippen molar-refractivity contribution in [1.29, 1.82) is 0 Å². The van der Waals surface area contributed by atoms with E-state index in [4.69, 9.17) is 10.5 Å². The van der Waals surface area contributed by atoms with Crippen molar-refractivity contribution < 1.29 is 14.2 Å². The number of nitrogens with two attached hydrogens (primary N) is 1. The lowest BCUT2D eigenvalue weighted by atomic mass is 10.1. The van der Waals surface area contributed by atoms with Crippen molar-refractivity contribution in [3.63, 3.8) is 0 Å². The molecule has 0 aromatic heterocycles. The zero-order valence-corrected chi connectivity index (χ0v) is 13.6. The van der Waals surface area contributed by atoms with Crippen LogP contribution in [-0.4, -0.2) is 17.3 Å². The quantitative estimate of drug-likeness (QED) is 0.767. The van der Waals surface area contributed by atoms with Crippen molar-refractivity contribution in [2.75, 3.05) is 6.35 Å². The predicted octanol–water partition coefficient (Wildman–Crippen LogP) is 3.38. The molecule has 0 spiro atoms. The van der Waals surface area contributed by atoms with Gasteiger partial charge in [0.2, 0.25) is 7.37 Å². The predicted molar refractivity (Wildman–Crippen MR) is 89.3 cm³/mol. The summed E-state index contributed by atoms with van der Waals surface area (Å²) in [6.45, 7) is 1.96. The molecule has 2 aromatic carbocycles. The van der Waals surface area contributed by atoms with Crippen LogP contribution < -0.4 is 10.5 Å². The molecule has 22 heavy (non-hydrogen) atoms. The lowest BCUT2D eigenvalue weighted by molar-refractivity contribution is 0.349. The maximum Gasteiger partial charge on any atom is 0.241 e. The minimum absolute atomic E-state index is 0.106. The smallest absolute Gasteiger partial charge is 0.241 e. The topological polar surface area (TPSA) is 72.6 Å². The molecule has 2 rings (SSSR count). The Morgan fingerprint density at radius 3 is 2.27 bits per heavy atom. The van der Waals surface area contributed by atoms with Crippen LogP contribution in [0.4, 0.5) is 0 Å². The number of ether oxygens (including phenoxy) is 1. The highest BCUT2D eigenvalue weighted by Gasteiger charge is 2.20. The van der Waals surface area contributed by atoms with Crippen LogP contribution in [0.1, 0.15) is 18.1 Å². The summed E-state index contributed by atoms with van der Waals surface area (Å²) in [5.74, 6) is 0.601. The van der Waals surface area contributed by atoms with E-state index in [1.54, 1.807) is 12.1 Å². The zero-order valence-electron chi connectivity index (χ0n) is 12.7. The standard InChI is InChI=1S/C17H22NO3P/c1-14(18)11-15-7-9-16(10-8-15)12-22(19,20)13-21-17-5-3-2-4-6-17/h2-10,14H,11-13,18H2,1H3,(H,19,20)/t14-/m1/s1. The Kier molecular flexibility index (Phi) is 5.78. The minimum atomic E-state index is -3.37. The highest BCUT2D eigenvalue weighted by Crippen LogP contribution is 2.44. The summed E-state index contributed by atoms with van der Waals surface area (Å²) >= 11 is 0. The largest absolute Gasteiger partial charge is 0.484 e. The fourth-order valence-corrected chi connectivity index (χ4v) is 3.40. The summed E-state index contributed by atoms with van der Waals surface area (Å²) in [5, 5.41) is 0. The molecule has 1 unspecified atom stereocenters. The minimum Gasteiger partial charge on any atom is -0.484 e. The highest BCUT2D eigenvalue weighted by molar-refractivity contribution is 7.56. The van der Waals surface area contributed by atoms with E-state index in [-0.39, 0.29) is 18.6 Å². The van der Waals surface area contributed by atoms with Gasteiger partial charge in [0.15, 0.2) is 6.35 Å². The van der Waals surface area contributed by atoms with Gasteiger partial charge in [-0.25, -0.2) is 0 Å². The van der Waals surface area contributed by atoms with Gasteiger partial charge in [0.25, 0.3) is 0 Å². The van der Waals surface area contributed by atoms with Crippen molar-refractivity contribution in [2.45, 2.75) is 25.5 Å².